The van der Waals surface area contributed by atoms with E-state index >= 15 is 0 Å². The fraction of sp³-hybridized carbons (Fsp3) is 0.438. The summed E-state index contributed by atoms with van der Waals surface area (Å²) in [5, 5.41) is 9.59. The van der Waals surface area contributed by atoms with Crippen LogP contribution in [0.3, 0.4) is 0 Å². The quantitative estimate of drug-likeness (QED) is 0.858. The van der Waals surface area contributed by atoms with E-state index in [2.05, 4.69) is 0 Å². The van der Waals surface area contributed by atoms with Gasteiger partial charge in [0.2, 0.25) is 5.91 Å². The first-order valence-electron chi connectivity index (χ1n) is 6.90. The maximum atomic E-state index is 12.1. The zero-order valence-corrected chi connectivity index (χ0v) is 12.0. The van der Waals surface area contributed by atoms with Gasteiger partial charge in [0.05, 0.1) is 13.2 Å². The Morgan fingerprint density at radius 1 is 1.50 bits per heavy atom. The summed E-state index contributed by atoms with van der Waals surface area (Å²) >= 11 is 0. The van der Waals surface area contributed by atoms with Gasteiger partial charge in [0, 0.05) is 24.7 Å². The van der Waals surface area contributed by atoms with Crippen LogP contribution in [-0.2, 0) is 4.79 Å². The van der Waals surface area contributed by atoms with Crippen LogP contribution >= 0.6 is 0 Å². The number of ether oxygens (including phenoxy) is 1. The monoisotopic (exact) mass is 275 g/mol. The van der Waals surface area contributed by atoms with Crippen LogP contribution in [0.5, 0.6) is 5.75 Å². The van der Waals surface area contributed by atoms with Crippen molar-refractivity contribution in [3.8, 4) is 5.75 Å². The molecule has 0 spiro atoms. The number of hydrogen-bond acceptors (Lipinski definition) is 3. The van der Waals surface area contributed by atoms with Gasteiger partial charge in [0.1, 0.15) is 5.75 Å². The molecule has 20 heavy (non-hydrogen) atoms. The second kappa shape index (κ2) is 6.57. The highest BCUT2D eigenvalue weighted by Gasteiger charge is 2.20. The molecule has 4 heteroatoms. The first-order valence-corrected chi connectivity index (χ1v) is 6.90. The molecule has 1 aromatic rings. The third-order valence-corrected chi connectivity index (χ3v) is 3.50. The van der Waals surface area contributed by atoms with Crippen LogP contribution in [0.15, 0.2) is 24.3 Å². The lowest BCUT2D eigenvalue weighted by Crippen LogP contribution is -2.41. The normalized spacial score (nSPS) is 19.4. The standard InChI is InChI=1S/C16H21NO3/c1-12-5-7-15(20-2)13(10-12)6-8-16(19)17-9-3-4-14(18)11-17/h5-8,10,14,18H,3-4,9,11H2,1-2H3/b8-6+/t14-/m0/s1. The van der Waals surface area contributed by atoms with E-state index in [9.17, 15) is 9.90 Å². The predicted molar refractivity (Wildman–Crippen MR) is 78.6 cm³/mol. The molecule has 2 rings (SSSR count). The van der Waals surface area contributed by atoms with Crippen LogP contribution in [0, 0.1) is 6.92 Å². The second-order valence-electron chi connectivity index (χ2n) is 5.16. The number of hydrogen-bond donors (Lipinski definition) is 1. The molecule has 0 saturated carbocycles. The van der Waals surface area contributed by atoms with Gasteiger partial charge in [-0.25, -0.2) is 0 Å². The highest BCUT2D eigenvalue weighted by atomic mass is 16.5. The summed E-state index contributed by atoms with van der Waals surface area (Å²) in [6.45, 7) is 3.14. The van der Waals surface area contributed by atoms with Crippen molar-refractivity contribution in [1.29, 1.82) is 0 Å². The number of methoxy groups -OCH3 is 1. The number of aliphatic hydroxyl groups is 1. The fourth-order valence-electron chi connectivity index (χ4n) is 2.41. The van der Waals surface area contributed by atoms with Crippen LogP contribution in [0.4, 0.5) is 0 Å². The number of carbonyl (C=O) groups is 1. The lowest BCUT2D eigenvalue weighted by atomic mass is 10.1. The number of β-amino-alcohol motifs (C(OH)–C–C–N with tert-alkyl or cyclic N) is 1. The lowest BCUT2D eigenvalue weighted by molar-refractivity contribution is -0.128. The van der Waals surface area contributed by atoms with Crippen molar-refractivity contribution in [3.05, 3.63) is 35.4 Å². The zero-order chi connectivity index (χ0) is 14.5. The molecule has 1 N–H and O–H groups in total. The summed E-state index contributed by atoms with van der Waals surface area (Å²) < 4.78 is 5.28. The number of benzene rings is 1. The molecule has 0 bridgehead atoms. The minimum Gasteiger partial charge on any atom is -0.496 e. The summed E-state index contributed by atoms with van der Waals surface area (Å²) in [6, 6.07) is 5.84. The van der Waals surface area contributed by atoms with Crippen molar-refractivity contribution >= 4 is 12.0 Å². The first kappa shape index (κ1) is 14.6. The van der Waals surface area contributed by atoms with Crippen LogP contribution in [0.2, 0.25) is 0 Å². The van der Waals surface area contributed by atoms with Crippen molar-refractivity contribution in [2.45, 2.75) is 25.9 Å². The van der Waals surface area contributed by atoms with E-state index in [1.54, 1.807) is 24.2 Å². The van der Waals surface area contributed by atoms with Gasteiger partial charge in [-0.1, -0.05) is 11.6 Å². The summed E-state index contributed by atoms with van der Waals surface area (Å²) in [6.07, 6.45) is 4.56. The molecule has 4 nitrogen and oxygen atoms in total. The lowest BCUT2D eigenvalue weighted by Gasteiger charge is -2.29. The molecule has 1 aliphatic heterocycles. The maximum absolute atomic E-state index is 12.1. The van der Waals surface area contributed by atoms with Crippen molar-refractivity contribution in [3.63, 3.8) is 0 Å². The third-order valence-electron chi connectivity index (χ3n) is 3.50. The largest absolute Gasteiger partial charge is 0.496 e. The van der Waals surface area contributed by atoms with Crippen LogP contribution in [0.25, 0.3) is 6.08 Å². The van der Waals surface area contributed by atoms with E-state index in [1.165, 1.54) is 0 Å². The molecule has 0 radical (unpaired) electrons. The molecule has 1 heterocycles. The summed E-state index contributed by atoms with van der Waals surface area (Å²) in [7, 11) is 1.62. The van der Waals surface area contributed by atoms with Crippen molar-refractivity contribution < 1.29 is 14.6 Å². The topological polar surface area (TPSA) is 49.8 Å². The second-order valence-corrected chi connectivity index (χ2v) is 5.16. The van der Waals surface area contributed by atoms with Crippen LogP contribution < -0.4 is 4.74 Å². The number of rotatable bonds is 3. The average molecular weight is 275 g/mol. The molecule has 1 amide bonds. The van der Waals surface area contributed by atoms with Gasteiger partial charge in [0.15, 0.2) is 0 Å². The predicted octanol–water partition coefficient (Wildman–Crippen LogP) is 2.00. The smallest absolute Gasteiger partial charge is 0.246 e. The minimum atomic E-state index is -0.394. The molecular formula is C16H21NO3. The average Bonchev–Trinajstić information content (AvgIpc) is 2.45. The van der Waals surface area contributed by atoms with E-state index in [0.717, 1.165) is 29.7 Å². The van der Waals surface area contributed by atoms with Crippen molar-refractivity contribution in [2.75, 3.05) is 20.2 Å². The Morgan fingerprint density at radius 2 is 2.30 bits per heavy atom. The molecule has 1 aromatic carbocycles. The van der Waals surface area contributed by atoms with E-state index in [4.69, 9.17) is 4.74 Å². The van der Waals surface area contributed by atoms with Gasteiger partial charge < -0.3 is 14.7 Å². The summed E-state index contributed by atoms with van der Waals surface area (Å²) in [5.41, 5.74) is 2.00. The molecule has 1 fully saturated rings. The zero-order valence-electron chi connectivity index (χ0n) is 12.0. The Kier molecular flexibility index (Phi) is 4.79. The van der Waals surface area contributed by atoms with E-state index in [0.29, 0.717) is 13.1 Å². The first-order chi connectivity index (χ1) is 9.60. The van der Waals surface area contributed by atoms with Gasteiger partial charge in [-0.15, -0.1) is 0 Å². The third kappa shape index (κ3) is 3.61. The Labute approximate surface area is 119 Å². The van der Waals surface area contributed by atoms with Gasteiger partial charge in [0.25, 0.3) is 0 Å². The van der Waals surface area contributed by atoms with Gasteiger partial charge >= 0.3 is 0 Å². The molecule has 1 atom stereocenters. The van der Waals surface area contributed by atoms with E-state index < -0.39 is 6.10 Å². The Balaban J connectivity index is 2.08. The number of aryl methyl sites for hydroxylation is 1. The molecule has 108 valence electrons. The summed E-state index contributed by atoms with van der Waals surface area (Å²) in [5.74, 6) is 0.686. The number of amides is 1. The Hall–Kier alpha value is -1.81. The van der Waals surface area contributed by atoms with E-state index in [1.807, 2.05) is 25.1 Å². The highest BCUT2D eigenvalue weighted by molar-refractivity contribution is 5.92. The molecule has 0 aromatic heterocycles. The number of carbonyl (C=O) groups excluding carboxylic acids is 1. The molecule has 0 unspecified atom stereocenters. The number of nitrogens with zero attached hydrogens (tertiary/aromatic N) is 1. The fourth-order valence-corrected chi connectivity index (χ4v) is 2.41. The number of aliphatic hydroxyl groups excluding tert-OH is 1. The Bertz CT molecular complexity index is 510. The van der Waals surface area contributed by atoms with Crippen molar-refractivity contribution in [2.24, 2.45) is 0 Å². The van der Waals surface area contributed by atoms with Crippen LogP contribution in [-0.4, -0.2) is 42.2 Å². The minimum absolute atomic E-state index is 0.0627. The molecular weight excluding hydrogens is 254 g/mol. The highest BCUT2D eigenvalue weighted by Crippen LogP contribution is 2.21. The molecule has 0 aliphatic carbocycles. The van der Waals surface area contributed by atoms with Gasteiger partial charge in [-0.3, -0.25) is 4.79 Å². The Morgan fingerprint density at radius 3 is 3.00 bits per heavy atom. The maximum Gasteiger partial charge on any atom is 0.246 e. The van der Waals surface area contributed by atoms with Gasteiger partial charge in [-0.05, 0) is 38.0 Å². The summed E-state index contributed by atoms with van der Waals surface area (Å²) in [4.78, 5) is 13.8. The number of piperidine rings is 1. The van der Waals surface area contributed by atoms with E-state index in [-0.39, 0.29) is 5.91 Å². The molecule has 1 aliphatic rings. The molecule has 1 saturated heterocycles. The SMILES string of the molecule is COc1ccc(C)cc1/C=C/C(=O)N1CCC[C@H](O)C1. The van der Waals surface area contributed by atoms with Crippen LogP contribution in [0.1, 0.15) is 24.0 Å². The van der Waals surface area contributed by atoms with Crippen molar-refractivity contribution in [1.82, 2.24) is 4.90 Å². The number of likely N-dealkylation sites (tertiary alicyclic amines) is 1. The van der Waals surface area contributed by atoms with Gasteiger partial charge in [-0.2, -0.15) is 0 Å².